The van der Waals surface area contributed by atoms with Crippen LogP contribution in [-0.2, 0) is 4.74 Å². The van der Waals surface area contributed by atoms with Gasteiger partial charge in [-0.25, -0.2) is 9.18 Å². The molecule has 0 saturated carbocycles. The lowest BCUT2D eigenvalue weighted by atomic mass is 9.90. The zero-order chi connectivity index (χ0) is 21.1. The lowest BCUT2D eigenvalue weighted by Crippen LogP contribution is -2.23. The van der Waals surface area contributed by atoms with Crippen molar-refractivity contribution < 1.29 is 18.3 Å². The highest BCUT2D eigenvalue weighted by atomic mass is 19.1. The first-order valence-electron chi connectivity index (χ1n) is 10.7. The van der Waals surface area contributed by atoms with Gasteiger partial charge >= 0.3 is 5.63 Å². The van der Waals surface area contributed by atoms with E-state index >= 15 is 0 Å². The molecule has 0 aliphatic carbocycles. The SMILES string of the molecule is CCCOc1ccc2cc(-c3ccc(C4CCC(CC)OC4)cc3)oc(=O)c2c1F. The number of hydrogen-bond acceptors (Lipinski definition) is 4. The maximum absolute atomic E-state index is 14.7. The number of benzene rings is 2. The molecule has 2 atom stereocenters. The maximum Gasteiger partial charge on any atom is 0.347 e. The van der Waals surface area contributed by atoms with Crippen LogP contribution in [0.25, 0.3) is 22.1 Å². The fraction of sp³-hybridized carbons (Fsp3) is 0.400. The molecule has 0 amide bonds. The van der Waals surface area contributed by atoms with Gasteiger partial charge in [0, 0.05) is 11.5 Å². The third-order valence-electron chi connectivity index (χ3n) is 5.79. The van der Waals surface area contributed by atoms with Crippen LogP contribution < -0.4 is 10.4 Å². The third kappa shape index (κ3) is 4.12. The molecule has 5 heteroatoms. The van der Waals surface area contributed by atoms with Crippen LogP contribution in [-0.4, -0.2) is 19.3 Å². The molecule has 1 saturated heterocycles. The Morgan fingerprint density at radius 3 is 2.57 bits per heavy atom. The summed E-state index contributed by atoms with van der Waals surface area (Å²) in [5, 5.41) is 0.423. The van der Waals surface area contributed by atoms with Crippen LogP contribution in [0.3, 0.4) is 0 Å². The number of fused-ring (bicyclic) bond motifs is 1. The second kappa shape index (κ2) is 9.00. The fourth-order valence-electron chi connectivity index (χ4n) is 4.00. The van der Waals surface area contributed by atoms with Crippen molar-refractivity contribution in [1.82, 2.24) is 0 Å². The molecule has 0 radical (unpaired) electrons. The summed E-state index contributed by atoms with van der Waals surface area (Å²) < 4.78 is 31.5. The van der Waals surface area contributed by atoms with Crippen LogP contribution >= 0.6 is 0 Å². The van der Waals surface area contributed by atoms with E-state index in [9.17, 15) is 9.18 Å². The molecular weight excluding hydrogens is 383 g/mol. The quantitative estimate of drug-likeness (QED) is 0.496. The zero-order valence-corrected chi connectivity index (χ0v) is 17.4. The Labute approximate surface area is 175 Å². The van der Waals surface area contributed by atoms with Crippen LogP contribution in [0, 0.1) is 5.82 Å². The van der Waals surface area contributed by atoms with Gasteiger partial charge in [-0.1, -0.05) is 44.2 Å². The van der Waals surface area contributed by atoms with Gasteiger partial charge in [0.2, 0.25) is 0 Å². The first kappa shape index (κ1) is 20.6. The highest BCUT2D eigenvalue weighted by Crippen LogP contribution is 2.32. The molecule has 0 spiro atoms. The summed E-state index contributed by atoms with van der Waals surface area (Å²) in [6.07, 6.45) is 4.38. The second-order valence-corrected chi connectivity index (χ2v) is 7.85. The summed E-state index contributed by atoms with van der Waals surface area (Å²) in [7, 11) is 0. The normalized spacial score (nSPS) is 19.2. The lowest BCUT2D eigenvalue weighted by molar-refractivity contribution is 0.00203. The number of hydrogen-bond donors (Lipinski definition) is 0. The Morgan fingerprint density at radius 2 is 1.90 bits per heavy atom. The monoisotopic (exact) mass is 410 g/mol. The van der Waals surface area contributed by atoms with Crippen molar-refractivity contribution in [3.8, 4) is 17.1 Å². The van der Waals surface area contributed by atoms with E-state index in [2.05, 4.69) is 19.1 Å². The average Bonchev–Trinajstić information content (AvgIpc) is 2.78. The van der Waals surface area contributed by atoms with Crippen molar-refractivity contribution in [2.45, 2.75) is 51.6 Å². The van der Waals surface area contributed by atoms with E-state index in [1.807, 2.05) is 19.1 Å². The minimum atomic E-state index is -0.697. The van der Waals surface area contributed by atoms with Gasteiger partial charge in [0.1, 0.15) is 11.1 Å². The topological polar surface area (TPSA) is 48.7 Å². The van der Waals surface area contributed by atoms with Gasteiger partial charge in [0.05, 0.1) is 19.3 Å². The maximum atomic E-state index is 14.7. The second-order valence-electron chi connectivity index (χ2n) is 7.85. The van der Waals surface area contributed by atoms with Gasteiger partial charge in [-0.15, -0.1) is 0 Å². The largest absolute Gasteiger partial charge is 0.491 e. The molecule has 4 nitrogen and oxygen atoms in total. The molecule has 2 unspecified atom stereocenters. The van der Waals surface area contributed by atoms with Gasteiger partial charge in [-0.2, -0.15) is 0 Å². The summed E-state index contributed by atoms with van der Waals surface area (Å²) in [6.45, 7) is 5.23. The molecule has 3 aromatic rings. The Bertz CT molecular complexity index is 1060. The smallest absolute Gasteiger partial charge is 0.347 e. The summed E-state index contributed by atoms with van der Waals surface area (Å²) >= 11 is 0. The highest BCUT2D eigenvalue weighted by molar-refractivity contribution is 5.86. The summed E-state index contributed by atoms with van der Waals surface area (Å²) in [5.41, 5.74) is 1.31. The van der Waals surface area contributed by atoms with Crippen molar-refractivity contribution in [3.05, 3.63) is 64.3 Å². The third-order valence-corrected chi connectivity index (χ3v) is 5.79. The van der Waals surface area contributed by atoms with E-state index in [1.54, 1.807) is 18.2 Å². The number of rotatable bonds is 6. The fourth-order valence-corrected chi connectivity index (χ4v) is 4.00. The Hall–Kier alpha value is -2.66. The van der Waals surface area contributed by atoms with Crippen molar-refractivity contribution in [2.75, 3.05) is 13.2 Å². The highest BCUT2D eigenvalue weighted by Gasteiger charge is 2.22. The van der Waals surface area contributed by atoms with Crippen LogP contribution in [0.5, 0.6) is 5.75 Å². The minimum absolute atomic E-state index is 0.0752. The van der Waals surface area contributed by atoms with Gasteiger partial charge in [-0.05, 0) is 48.8 Å². The summed E-state index contributed by atoms with van der Waals surface area (Å²) in [5.74, 6) is 0.223. The molecule has 0 N–H and O–H groups in total. The molecule has 30 heavy (non-hydrogen) atoms. The Morgan fingerprint density at radius 1 is 1.10 bits per heavy atom. The summed E-state index contributed by atoms with van der Waals surface area (Å²) in [6, 6.07) is 13.0. The lowest BCUT2D eigenvalue weighted by Gasteiger charge is -2.28. The predicted molar refractivity (Wildman–Crippen MR) is 116 cm³/mol. The number of ether oxygens (including phenoxy) is 2. The molecule has 1 aromatic heterocycles. The van der Waals surface area contributed by atoms with Crippen LogP contribution in [0.15, 0.2) is 51.7 Å². The van der Waals surface area contributed by atoms with Gasteiger partial charge in [0.15, 0.2) is 11.6 Å². The molecule has 1 aliphatic rings. The van der Waals surface area contributed by atoms with Crippen molar-refractivity contribution in [3.63, 3.8) is 0 Å². The van der Waals surface area contributed by atoms with E-state index in [4.69, 9.17) is 13.9 Å². The van der Waals surface area contributed by atoms with E-state index in [1.165, 1.54) is 5.56 Å². The first-order valence-corrected chi connectivity index (χ1v) is 10.7. The van der Waals surface area contributed by atoms with Gasteiger partial charge in [0.25, 0.3) is 0 Å². The Kier molecular flexibility index (Phi) is 6.18. The van der Waals surface area contributed by atoms with E-state index < -0.39 is 11.4 Å². The van der Waals surface area contributed by atoms with Gasteiger partial charge in [-0.3, -0.25) is 0 Å². The average molecular weight is 410 g/mol. The Balaban J connectivity index is 1.59. The molecule has 2 heterocycles. The molecule has 2 aromatic carbocycles. The van der Waals surface area contributed by atoms with E-state index in [-0.39, 0.29) is 11.1 Å². The van der Waals surface area contributed by atoms with Crippen molar-refractivity contribution >= 4 is 10.8 Å². The van der Waals surface area contributed by atoms with Crippen molar-refractivity contribution in [2.24, 2.45) is 0 Å². The molecule has 1 fully saturated rings. The van der Waals surface area contributed by atoms with Crippen molar-refractivity contribution in [1.29, 1.82) is 0 Å². The minimum Gasteiger partial charge on any atom is -0.491 e. The molecule has 4 rings (SSSR count). The number of halogens is 1. The molecule has 0 bridgehead atoms. The molecular formula is C25H27FO4. The van der Waals surface area contributed by atoms with E-state index in [0.29, 0.717) is 29.8 Å². The van der Waals surface area contributed by atoms with E-state index in [0.717, 1.165) is 37.9 Å². The standard InChI is InChI=1S/C25H27FO4/c1-3-13-28-21-12-10-18-14-22(30-25(27)23(18)24(21)26)17-7-5-16(6-8-17)19-9-11-20(4-2)29-15-19/h5-8,10,12,14,19-20H,3-4,9,11,13,15H2,1-2H3. The predicted octanol–water partition coefficient (Wildman–Crippen LogP) is 6.06. The zero-order valence-electron chi connectivity index (χ0n) is 17.4. The van der Waals surface area contributed by atoms with Crippen LogP contribution in [0.4, 0.5) is 4.39 Å². The van der Waals surface area contributed by atoms with Gasteiger partial charge < -0.3 is 13.9 Å². The van der Waals surface area contributed by atoms with Crippen LogP contribution in [0.1, 0.15) is 51.0 Å². The summed E-state index contributed by atoms with van der Waals surface area (Å²) in [4.78, 5) is 12.5. The molecule has 1 aliphatic heterocycles. The first-order chi connectivity index (χ1) is 14.6. The van der Waals surface area contributed by atoms with Crippen LogP contribution in [0.2, 0.25) is 0 Å². The molecule has 158 valence electrons.